The molecule has 0 aromatic rings. The van der Waals surface area contributed by atoms with Gasteiger partial charge in [-0.05, 0) is 25.7 Å². The number of hydrogen-bond donors (Lipinski definition) is 2. The average Bonchev–Trinajstić information content (AvgIpc) is 2.55. The predicted octanol–water partition coefficient (Wildman–Crippen LogP) is -0.448. The molecule has 78 valence electrons. The van der Waals surface area contributed by atoms with E-state index in [0.717, 1.165) is 12.8 Å². The quantitative estimate of drug-likeness (QED) is 0.597. The summed E-state index contributed by atoms with van der Waals surface area (Å²) in [6, 6.07) is -1.02. The van der Waals surface area contributed by atoms with Crippen molar-refractivity contribution in [1.29, 1.82) is 0 Å². The van der Waals surface area contributed by atoms with Crippen LogP contribution in [0.5, 0.6) is 0 Å². The lowest BCUT2D eigenvalue weighted by molar-refractivity contribution is -0.151. The van der Waals surface area contributed by atoms with E-state index in [2.05, 4.69) is 0 Å². The molecule has 5 nitrogen and oxygen atoms in total. The van der Waals surface area contributed by atoms with Gasteiger partial charge in [-0.15, -0.1) is 0 Å². The minimum absolute atomic E-state index is 0.114. The number of rotatable bonds is 1. The van der Waals surface area contributed by atoms with E-state index in [1.165, 1.54) is 4.90 Å². The van der Waals surface area contributed by atoms with Crippen LogP contribution in [0.25, 0.3) is 0 Å². The molecule has 0 radical (unpaired) electrons. The van der Waals surface area contributed by atoms with Crippen molar-refractivity contribution in [3.05, 3.63) is 0 Å². The van der Waals surface area contributed by atoms with E-state index in [1.807, 2.05) is 0 Å². The maximum atomic E-state index is 11.7. The first-order valence-electron chi connectivity index (χ1n) is 4.92. The number of aliphatic carboxylic acids is 1. The highest BCUT2D eigenvalue weighted by Crippen LogP contribution is 2.31. The van der Waals surface area contributed by atoms with E-state index in [-0.39, 0.29) is 11.9 Å². The van der Waals surface area contributed by atoms with Gasteiger partial charge in [-0.1, -0.05) is 0 Å². The van der Waals surface area contributed by atoms with Gasteiger partial charge in [-0.2, -0.15) is 0 Å². The second-order valence-electron chi connectivity index (χ2n) is 4.01. The largest absolute Gasteiger partial charge is 0.480 e. The molecule has 0 bridgehead atoms. The highest BCUT2D eigenvalue weighted by atomic mass is 16.4. The fourth-order valence-electron chi connectivity index (χ4n) is 2.43. The van der Waals surface area contributed by atoms with Crippen LogP contribution in [0.1, 0.15) is 25.7 Å². The summed E-state index contributed by atoms with van der Waals surface area (Å²) in [4.78, 5) is 24.0. The zero-order chi connectivity index (χ0) is 10.3. The number of nitrogens with zero attached hydrogens (tertiary/aromatic N) is 1. The summed E-state index contributed by atoms with van der Waals surface area (Å²) in [5.41, 5.74) is 5.61. The van der Waals surface area contributed by atoms with Crippen LogP contribution >= 0.6 is 0 Å². The summed E-state index contributed by atoms with van der Waals surface area (Å²) in [6.07, 6.45) is 2.90. The molecule has 0 aromatic carbocycles. The van der Waals surface area contributed by atoms with Gasteiger partial charge < -0.3 is 15.7 Å². The minimum atomic E-state index is -0.907. The summed E-state index contributed by atoms with van der Waals surface area (Å²) in [6.45, 7) is 0. The van der Waals surface area contributed by atoms with Crippen molar-refractivity contribution in [3.63, 3.8) is 0 Å². The molecule has 0 saturated carbocycles. The van der Waals surface area contributed by atoms with Crippen LogP contribution in [0.15, 0.2) is 0 Å². The van der Waals surface area contributed by atoms with E-state index in [9.17, 15) is 9.59 Å². The second kappa shape index (κ2) is 3.24. The molecule has 0 unspecified atom stereocenters. The molecule has 2 fully saturated rings. The molecular weight excluding hydrogens is 184 g/mol. The molecule has 0 spiro atoms. The Morgan fingerprint density at radius 1 is 1.36 bits per heavy atom. The van der Waals surface area contributed by atoms with Gasteiger partial charge in [0.15, 0.2) is 0 Å². The molecular formula is C9H14N2O3. The Balaban J connectivity index is 2.20. The molecule has 1 amide bonds. The normalized spacial score (nSPS) is 37.1. The van der Waals surface area contributed by atoms with Gasteiger partial charge in [0.25, 0.3) is 0 Å². The Hall–Kier alpha value is -1.10. The number of amides is 1. The maximum Gasteiger partial charge on any atom is 0.326 e. The third kappa shape index (κ3) is 1.28. The summed E-state index contributed by atoms with van der Waals surface area (Å²) in [5.74, 6) is -1.10. The topological polar surface area (TPSA) is 83.6 Å². The molecule has 3 N–H and O–H groups in total. The number of carbonyl (C=O) groups is 2. The Morgan fingerprint density at radius 2 is 2.00 bits per heavy atom. The van der Waals surface area contributed by atoms with E-state index >= 15 is 0 Å². The first kappa shape index (κ1) is 9.45. The van der Waals surface area contributed by atoms with Gasteiger partial charge in [0.05, 0.1) is 6.04 Å². The van der Waals surface area contributed by atoms with Crippen LogP contribution in [0.3, 0.4) is 0 Å². The van der Waals surface area contributed by atoms with Crippen molar-refractivity contribution in [3.8, 4) is 0 Å². The van der Waals surface area contributed by atoms with Crippen LogP contribution in [0.2, 0.25) is 0 Å². The smallest absolute Gasteiger partial charge is 0.326 e. The molecule has 0 aliphatic carbocycles. The van der Waals surface area contributed by atoms with Crippen molar-refractivity contribution in [1.82, 2.24) is 4.90 Å². The second-order valence-corrected chi connectivity index (χ2v) is 4.01. The summed E-state index contributed by atoms with van der Waals surface area (Å²) < 4.78 is 0. The number of carboxylic acids is 1. The number of carboxylic acid groups (broad SMARTS) is 1. The van der Waals surface area contributed by atoms with Crippen molar-refractivity contribution < 1.29 is 14.7 Å². The van der Waals surface area contributed by atoms with Crippen LogP contribution in [0, 0.1) is 0 Å². The molecule has 5 heteroatoms. The predicted molar refractivity (Wildman–Crippen MR) is 48.5 cm³/mol. The highest BCUT2D eigenvalue weighted by molar-refractivity contribution is 5.88. The van der Waals surface area contributed by atoms with Gasteiger partial charge in [-0.25, -0.2) is 4.79 Å². The summed E-state index contributed by atoms with van der Waals surface area (Å²) >= 11 is 0. The standard InChI is InChI=1S/C9H14N2O3/c10-6-3-1-5-2-4-7(9(13)14)11(5)8(6)12/h5-7H,1-4,10H2,(H,13,14)/t5-,6-,7-/m0/s1. The third-order valence-electron chi connectivity index (χ3n) is 3.17. The maximum absolute atomic E-state index is 11.7. The summed E-state index contributed by atoms with van der Waals surface area (Å²) in [7, 11) is 0. The minimum Gasteiger partial charge on any atom is -0.480 e. The Morgan fingerprint density at radius 3 is 2.64 bits per heavy atom. The van der Waals surface area contributed by atoms with Crippen LogP contribution in [0.4, 0.5) is 0 Å². The van der Waals surface area contributed by atoms with Gasteiger partial charge in [0.1, 0.15) is 6.04 Å². The van der Waals surface area contributed by atoms with Crippen LogP contribution in [-0.2, 0) is 9.59 Å². The average molecular weight is 198 g/mol. The van der Waals surface area contributed by atoms with Crippen molar-refractivity contribution in [2.24, 2.45) is 5.73 Å². The fourth-order valence-corrected chi connectivity index (χ4v) is 2.43. The highest BCUT2D eigenvalue weighted by Gasteiger charge is 2.44. The van der Waals surface area contributed by atoms with E-state index < -0.39 is 18.1 Å². The first-order valence-corrected chi connectivity index (χ1v) is 4.92. The van der Waals surface area contributed by atoms with Gasteiger partial charge in [0, 0.05) is 6.04 Å². The van der Waals surface area contributed by atoms with E-state index in [4.69, 9.17) is 10.8 Å². The summed E-state index contributed by atoms with van der Waals surface area (Å²) in [5, 5.41) is 8.92. The lowest BCUT2D eigenvalue weighted by Gasteiger charge is -2.35. The fraction of sp³-hybridized carbons (Fsp3) is 0.778. The van der Waals surface area contributed by atoms with Crippen molar-refractivity contribution >= 4 is 11.9 Å². The lowest BCUT2D eigenvalue weighted by atomic mass is 9.99. The Bertz CT molecular complexity index is 279. The molecule has 2 aliphatic rings. The first-order chi connectivity index (χ1) is 6.61. The molecule has 2 heterocycles. The number of carbonyl (C=O) groups excluding carboxylic acids is 1. The third-order valence-corrected chi connectivity index (χ3v) is 3.17. The van der Waals surface area contributed by atoms with Crippen LogP contribution < -0.4 is 5.73 Å². The van der Waals surface area contributed by atoms with Crippen LogP contribution in [-0.4, -0.2) is 40.0 Å². The van der Waals surface area contributed by atoms with Gasteiger partial charge >= 0.3 is 5.97 Å². The Labute approximate surface area is 81.9 Å². The number of nitrogens with two attached hydrogens (primary N) is 1. The van der Waals surface area contributed by atoms with E-state index in [0.29, 0.717) is 12.8 Å². The molecule has 2 rings (SSSR count). The monoisotopic (exact) mass is 198 g/mol. The molecule has 0 aromatic heterocycles. The van der Waals surface area contributed by atoms with E-state index in [1.54, 1.807) is 0 Å². The molecule has 3 atom stereocenters. The SMILES string of the molecule is N[C@H]1CC[C@H]2CC[C@@H](C(=O)O)N2C1=O. The molecule has 14 heavy (non-hydrogen) atoms. The Kier molecular flexibility index (Phi) is 2.19. The molecule has 2 aliphatic heterocycles. The zero-order valence-electron chi connectivity index (χ0n) is 7.85. The number of hydrogen-bond acceptors (Lipinski definition) is 3. The molecule has 2 saturated heterocycles. The van der Waals surface area contributed by atoms with Gasteiger partial charge in [0.2, 0.25) is 5.91 Å². The number of fused-ring (bicyclic) bond motifs is 1. The van der Waals surface area contributed by atoms with Crippen molar-refractivity contribution in [2.75, 3.05) is 0 Å². The zero-order valence-corrected chi connectivity index (χ0v) is 7.85. The van der Waals surface area contributed by atoms with Gasteiger partial charge in [-0.3, -0.25) is 4.79 Å². The lowest BCUT2D eigenvalue weighted by Crippen LogP contribution is -2.55. The number of piperidine rings is 1. The van der Waals surface area contributed by atoms with Crippen molar-refractivity contribution in [2.45, 2.75) is 43.8 Å².